The first-order chi connectivity index (χ1) is 9.78. The molecular weight excluding hydrogens is 272 g/mol. The number of ether oxygens (including phenoxy) is 1. The predicted octanol–water partition coefficient (Wildman–Crippen LogP) is 2.45. The molecule has 1 amide bonds. The van der Waals surface area contributed by atoms with Crippen LogP contribution in [-0.2, 0) is 16.0 Å². The van der Waals surface area contributed by atoms with Gasteiger partial charge in [-0.25, -0.2) is 4.98 Å². The fourth-order valence-corrected chi connectivity index (χ4v) is 4.07. The lowest BCUT2D eigenvalue weighted by Gasteiger charge is -2.33. The summed E-state index contributed by atoms with van der Waals surface area (Å²) < 4.78 is 5.34. The fourth-order valence-electron chi connectivity index (χ4n) is 3.04. The highest BCUT2D eigenvalue weighted by atomic mass is 32.1. The van der Waals surface area contributed by atoms with Crippen molar-refractivity contribution in [1.82, 2.24) is 9.88 Å². The third-order valence-corrected chi connectivity index (χ3v) is 5.35. The van der Waals surface area contributed by atoms with Gasteiger partial charge >= 0.3 is 0 Å². The van der Waals surface area contributed by atoms with Crippen LogP contribution in [0.3, 0.4) is 0 Å². The molecule has 3 heterocycles. The third-order valence-electron chi connectivity index (χ3n) is 4.29. The smallest absolute Gasteiger partial charge is 0.228 e. The summed E-state index contributed by atoms with van der Waals surface area (Å²) in [6, 6.07) is 0. The van der Waals surface area contributed by atoms with Gasteiger partial charge in [0.15, 0.2) is 0 Å². The van der Waals surface area contributed by atoms with Crippen molar-refractivity contribution in [1.29, 1.82) is 0 Å². The molecule has 110 valence electrons. The zero-order chi connectivity index (χ0) is 13.9. The van der Waals surface area contributed by atoms with Gasteiger partial charge in [0.1, 0.15) is 0 Å². The monoisotopic (exact) mass is 294 g/mol. The van der Waals surface area contributed by atoms with E-state index in [9.17, 15) is 4.79 Å². The zero-order valence-corrected chi connectivity index (χ0v) is 12.8. The summed E-state index contributed by atoms with van der Waals surface area (Å²) in [6.45, 7) is 5.22. The molecule has 4 nitrogen and oxygen atoms in total. The van der Waals surface area contributed by atoms with Crippen LogP contribution in [0.5, 0.6) is 0 Å². The highest BCUT2D eigenvalue weighted by molar-refractivity contribution is 7.09. The summed E-state index contributed by atoms with van der Waals surface area (Å²) in [5.74, 6) is 0.816. The Morgan fingerprint density at radius 3 is 3.15 bits per heavy atom. The summed E-state index contributed by atoms with van der Waals surface area (Å²) in [5, 5.41) is 3.36. The Hall–Kier alpha value is -0.940. The Morgan fingerprint density at radius 2 is 2.45 bits per heavy atom. The molecule has 5 heteroatoms. The average molecular weight is 294 g/mol. The molecule has 0 bridgehead atoms. The molecule has 1 aromatic rings. The molecule has 3 rings (SSSR count). The number of nitrogens with zero attached hydrogens (tertiary/aromatic N) is 2. The van der Waals surface area contributed by atoms with E-state index < -0.39 is 0 Å². The topological polar surface area (TPSA) is 42.4 Å². The second kappa shape index (κ2) is 6.22. The van der Waals surface area contributed by atoms with Gasteiger partial charge in [0, 0.05) is 31.0 Å². The lowest BCUT2D eigenvalue weighted by atomic mass is 9.97. The van der Waals surface area contributed by atoms with E-state index in [-0.39, 0.29) is 5.92 Å². The van der Waals surface area contributed by atoms with E-state index in [0.29, 0.717) is 18.4 Å². The quantitative estimate of drug-likeness (QED) is 0.860. The highest BCUT2D eigenvalue weighted by Crippen LogP contribution is 2.30. The van der Waals surface area contributed by atoms with Gasteiger partial charge in [0.2, 0.25) is 5.91 Å². The summed E-state index contributed by atoms with van der Waals surface area (Å²) in [5.41, 5.74) is 1.18. The molecule has 0 unspecified atom stereocenters. The second-order valence-electron chi connectivity index (χ2n) is 5.71. The Kier molecular flexibility index (Phi) is 4.36. The number of aromatic nitrogens is 1. The Labute approximate surface area is 124 Å². The zero-order valence-electron chi connectivity index (χ0n) is 12.0. The van der Waals surface area contributed by atoms with Crippen molar-refractivity contribution in [3.05, 3.63) is 16.1 Å². The van der Waals surface area contributed by atoms with E-state index >= 15 is 0 Å². The number of piperidine rings is 1. The van der Waals surface area contributed by atoms with Crippen molar-refractivity contribution < 1.29 is 9.53 Å². The number of hydrogen-bond donors (Lipinski definition) is 0. The summed E-state index contributed by atoms with van der Waals surface area (Å²) >= 11 is 1.75. The molecule has 0 aliphatic carbocycles. The number of thiazole rings is 1. The lowest BCUT2D eigenvalue weighted by molar-refractivity contribution is -0.136. The number of hydrogen-bond acceptors (Lipinski definition) is 4. The van der Waals surface area contributed by atoms with E-state index in [2.05, 4.69) is 12.3 Å². The minimum absolute atomic E-state index is 0.0937. The van der Waals surface area contributed by atoms with Gasteiger partial charge in [-0.15, -0.1) is 11.3 Å². The number of amides is 1. The second-order valence-corrected chi connectivity index (χ2v) is 6.60. The average Bonchev–Trinajstić information content (AvgIpc) is 3.17. The van der Waals surface area contributed by atoms with E-state index in [1.165, 1.54) is 10.7 Å². The Balaban J connectivity index is 1.65. The van der Waals surface area contributed by atoms with E-state index in [1.54, 1.807) is 11.3 Å². The largest absolute Gasteiger partial charge is 0.381 e. The van der Waals surface area contributed by atoms with Crippen molar-refractivity contribution in [3.63, 3.8) is 0 Å². The van der Waals surface area contributed by atoms with Crippen LogP contribution in [0.15, 0.2) is 5.38 Å². The number of aryl methyl sites for hydroxylation is 1. The summed E-state index contributed by atoms with van der Waals surface area (Å²) in [6.07, 6.45) is 4.12. The van der Waals surface area contributed by atoms with Gasteiger partial charge in [-0.3, -0.25) is 4.79 Å². The van der Waals surface area contributed by atoms with Crippen molar-refractivity contribution in [2.45, 2.75) is 38.5 Å². The fraction of sp³-hybridized carbons (Fsp3) is 0.733. The summed E-state index contributed by atoms with van der Waals surface area (Å²) in [7, 11) is 0. The summed E-state index contributed by atoms with van der Waals surface area (Å²) in [4.78, 5) is 19.2. The minimum Gasteiger partial charge on any atom is -0.381 e. The van der Waals surface area contributed by atoms with Gasteiger partial charge in [-0.2, -0.15) is 0 Å². The molecule has 2 fully saturated rings. The molecule has 2 aliphatic rings. The predicted molar refractivity (Wildman–Crippen MR) is 79.0 cm³/mol. The first-order valence-corrected chi connectivity index (χ1v) is 8.46. The molecule has 2 atom stereocenters. The van der Waals surface area contributed by atoms with Gasteiger partial charge in [0.25, 0.3) is 0 Å². The molecule has 0 spiro atoms. The lowest BCUT2D eigenvalue weighted by Crippen LogP contribution is -2.42. The molecule has 0 saturated carbocycles. The standard InChI is InChI=1S/C15H22N2O2S/c1-2-13-10-20-14(16-13)11-4-3-6-17(8-11)15(18)12-5-7-19-9-12/h10-12H,2-9H2,1H3/t11-,12+/m1/s1. The first-order valence-electron chi connectivity index (χ1n) is 7.58. The van der Waals surface area contributed by atoms with Gasteiger partial charge in [-0.05, 0) is 25.7 Å². The van der Waals surface area contributed by atoms with Gasteiger partial charge in [0.05, 0.1) is 23.2 Å². The van der Waals surface area contributed by atoms with Crippen molar-refractivity contribution in [2.24, 2.45) is 5.92 Å². The van der Waals surface area contributed by atoms with Crippen LogP contribution in [0.1, 0.15) is 42.8 Å². The highest BCUT2D eigenvalue weighted by Gasteiger charge is 2.32. The van der Waals surface area contributed by atoms with E-state index in [1.807, 2.05) is 4.90 Å². The van der Waals surface area contributed by atoms with Crippen LogP contribution in [0, 0.1) is 5.92 Å². The number of carbonyl (C=O) groups is 1. The van der Waals surface area contributed by atoms with E-state index in [0.717, 1.165) is 45.4 Å². The number of rotatable bonds is 3. The molecular formula is C15H22N2O2S. The maximum absolute atomic E-state index is 12.5. The molecule has 0 aromatic carbocycles. The van der Waals surface area contributed by atoms with Crippen LogP contribution in [0.2, 0.25) is 0 Å². The van der Waals surface area contributed by atoms with Crippen LogP contribution in [0.25, 0.3) is 0 Å². The Morgan fingerprint density at radius 1 is 1.55 bits per heavy atom. The van der Waals surface area contributed by atoms with Gasteiger partial charge in [-0.1, -0.05) is 6.92 Å². The van der Waals surface area contributed by atoms with Crippen molar-refractivity contribution >= 4 is 17.2 Å². The minimum atomic E-state index is 0.0937. The van der Waals surface area contributed by atoms with Crippen LogP contribution in [0.4, 0.5) is 0 Å². The van der Waals surface area contributed by atoms with Crippen LogP contribution in [-0.4, -0.2) is 42.1 Å². The van der Waals surface area contributed by atoms with Crippen LogP contribution >= 0.6 is 11.3 Å². The van der Waals surface area contributed by atoms with Crippen molar-refractivity contribution in [2.75, 3.05) is 26.3 Å². The van der Waals surface area contributed by atoms with Crippen LogP contribution < -0.4 is 0 Å². The molecule has 0 N–H and O–H groups in total. The van der Waals surface area contributed by atoms with Gasteiger partial charge < -0.3 is 9.64 Å². The molecule has 0 radical (unpaired) electrons. The van der Waals surface area contributed by atoms with E-state index in [4.69, 9.17) is 9.72 Å². The van der Waals surface area contributed by atoms with Crippen molar-refractivity contribution in [3.8, 4) is 0 Å². The Bertz CT molecular complexity index is 468. The first kappa shape index (κ1) is 14.0. The molecule has 2 aliphatic heterocycles. The number of likely N-dealkylation sites (tertiary alicyclic amines) is 1. The normalized spacial score (nSPS) is 26.9. The molecule has 1 aromatic heterocycles. The SMILES string of the molecule is CCc1csc([C@@H]2CCCN(C(=O)[C@H]3CCOC3)C2)n1. The maximum atomic E-state index is 12.5. The maximum Gasteiger partial charge on any atom is 0.228 e. The third kappa shape index (κ3) is 2.88. The number of carbonyl (C=O) groups excluding carboxylic acids is 1. The molecule has 2 saturated heterocycles. The molecule has 20 heavy (non-hydrogen) atoms.